The van der Waals surface area contributed by atoms with E-state index in [1.807, 2.05) is 74.2 Å². The van der Waals surface area contributed by atoms with E-state index in [0.29, 0.717) is 19.5 Å². The summed E-state index contributed by atoms with van der Waals surface area (Å²) in [4.78, 5) is 31.1. The molecule has 224 valence electrons. The smallest absolute Gasteiger partial charge is 0.409 e. The summed E-state index contributed by atoms with van der Waals surface area (Å²) in [7, 11) is 0. The first kappa shape index (κ1) is 31.1. The Hall–Kier alpha value is -3.84. The minimum absolute atomic E-state index is 0.0376. The zero-order valence-electron chi connectivity index (χ0n) is 25.6. The molecule has 1 aliphatic heterocycles. The van der Waals surface area contributed by atoms with Gasteiger partial charge in [-0.25, -0.2) is 4.79 Å². The van der Waals surface area contributed by atoms with Crippen molar-refractivity contribution in [2.24, 2.45) is 11.8 Å². The van der Waals surface area contributed by atoms with Gasteiger partial charge < -0.3 is 24.6 Å². The van der Waals surface area contributed by atoms with Gasteiger partial charge in [-0.1, -0.05) is 86.6 Å². The molecule has 0 aliphatic carbocycles. The van der Waals surface area contributed by atoms with Crippen molar-refractivity contribution in [3.05, 3.63) is 90.5 Å². The van der Waals surface area contributed by atoms with Gasteiger partial charge in [0.25, 0.3) is 0 Å². The number of nitrogens with zero attached hydrogens (tertiary/aromatic N) is 2. The molecule has 2 atom stereocenters. The third-order valence-corrected chi connectivity index (χ3v) is 7.26. The highest BCUT2D eigenvalue weighted by Gasteiger charge is 2.37. The highest BCUT2D eigenvalue weighted by molar-refractivity contribution is 5.80. The second-order valence-electron chi connectivity index (χ2n) is 12.4. The highest BCUT2D eigenvalue weighted by Crippen LogP contribution is 2.27. The molecule has 42 heavy (non-hydrogen) atoms. The molecule has 0 radical (unpaired) electrons. The monoisotopic (exact) mass is 571 g/mol. The summed E-state index contributed by atoms with van der Waals surface area (Å²) >= 11 is 0. The zero-order chi connectivity index (χ0) is 30.1. The van der Waals surface area contributed by atoms with Crippen LogP contribution in [0, 0.1) is 11.8 Å². The Morgan fingerprint density at radius 2 is 1.38 bits per heavy atom. The van der Waals surface area contributed by atoms with E-state index in [2.05, 4.69) is 60.5 Å². The fourth-order valence-electron chi connectivity index (χ4n) is 5.18. The van der Waals surface area contributed by atoms with Crippen LogP contribution in [-0.2, 0) is 20.9 Å². The van der Waals surface area contributed by atoms with Crippen LogP contribution in [0.5, 0.6) is 0 Å². The maximum absolute atomic E-state index is 14.0. The van der Waals surface area contributed by atoms with Gasteiger partial charge in [-0.2, -0.15) is 0 Å². The molecule has 0 spiro atoms. The van der Waals surface area contributed by atoms with E-state index in [9.17, 15) is 9.59 Å². The van der Waals surface area contributed by atoms with Crippen LogP contribution in [0.15, 0.2) is 84.9 Å². The number of carbonyl (C=O) groups excluding carboxylic acids is 2. The van der Waals surface area contributed by atoms with E-state index >= 15 is 0 Å². The Morgan fingerprint density at radius 3 is 1.95 bits per heavy atom. The lowest BCUT2D eigenvalue weighted by Gasteiger charge is -2.39. The second kappa shape index (κ2) is 14.4. The maximum Gasteiger partial charge on any atom is 0.409 e. The topological polar surface area (TPSA) is 71.1 Å². The lowest BCUT2D eigenvalue weighted by Crippen LogP contribution is -2.53. The van der Waals surface area contributed by atoms with Gasteiger partial charge >= 0.3 is 6.09 Å². The standard InChI is InChI=1S/C35H45N3O4/c1-26(2)24-31(33(42-34(40)36-35(3,4)5)41-25-27-12-8-6-9-13-27)32(39)38-22-20-37(21-23-38)30-18-16-29(17-19-30)28-14-10-7-11-15-28/h6-19,26,31,33H,20-25H2,1-5H3,(H,36,40)/t31-,33?/m1/s1. The van der Waals surface area contributed by atoms with Gasteiger partial charge in [0, 0.05) is 37.4 Å². The number of anilines is 1. The quantitative estimate of drug-likeness (QED) is 0.273. The number of hydrogen-bond donors (Lipinski definition) is 1. The van der Waals surface area contributed by atoms with Gasteiger partial charge in [-0.05, 0) is 61.9 Å². The number of carbonyl (C=O) groups is 2. The molecule has 0 saturated carbocycles. The summed E-state index contributed by atoms with van der Waals surface area (Å²) in [5, 5.41) is 2.84. The molecule has 0 aromatic heterocycles. The van der Waals surface area contributed by atoms with Crippen molar-refractivity contribution in [1.29, 1.82) is 0 Å². The van der Waals surface area contributed by atoms with Crippen LogP contribution in [0.3, 0.4) is 0 Å². The van der Waals surface area contributed by atoms with Crippen molar-refractivity contribution in [3.63, 3.8) is 0 Å². The van der Waals surface area contributed by atoms with Crippen molar-refractivity contribution in [2.75, 3.05) is 31.1 Å². The minimum Gasteiger partial charge on any atom is -0.419 e. The molecule has 1 unspecified atom stereocenters. The zero-order valence-corrected chi connectivity index (χ0v) is 25.6. The fourth-order valence-corrected chi connectivity index (χ4v) is 5.18. The van der Waals surface area contributed by atoms with Crippen LogP contribution >= 0.6 is 0 Å². The van der Waals surface area contributed by atoms with Gasteiger partial charge in [-0.3, -0.25) is 4.79 Å². The molecule has 2 amide bonds. The van der Waals surface area contributed by atoms with Crippen molar-refractivity contribution >= 4 is 17.7 Å². The summed E-state index contributed by atoms with van der Waals surface area (Å²) in [6.45, 7) is 12.7. The summed E-state index contributed by atoms with van der Waals surface area (Å²) in [5.74, 6) is -0.444. The van der Waals surface area contributed by atoms with Crippen LogP contribution in [-0.4, -0.2) is 54.9 Å². The van der Waals surface area contributed by atoms with E-state index < -0.39 is 23.8 Å². The van der Waals surface area contributed by atoms with Crippen molar-refractivity contribution in [2.45, 2.75) is 59.5 Å². The van der Waals surface area contributed by atoms with E-state index in [4.69, 9.17) is 9.47 Å². The van der Waals surface area contributed by atoms with Crippen molar-refractivity contribution in [1.82, 2.24) is 10.2 Å². The minimum atomic E-state index is -1.01. The molecule has 4 rings (SSSR count). The molecular weight excluding hydrogens is 526 g/mol. The number of hydrogen-bond acceptors (Lipinski definition) is 5. The predicted octanol–water partition coefficient (Wildman–Crippen LogP) is 6.73. The lowest BCUT2D eigenvalue weighted by atomic mass is 9.94. The Balaban J connectivity index is 1.44. The summed E-state index contributed by atoms with van der Waals surface area (Å²) in [5.41, 5.74) is 3.99. The molecule has 1 N–H and O–H groups in total. The number of benzene rings is 3. The number of rotatable bonds is 10. The fraction of sp³-hybridized carbons (Fsp3) is 0.429. The third-order valence-electron chi connectivity index (χ3n) is 7.26. The molecule has 0 bridgehead atoms. The second-order valence-corrected chi connectivity index (χ2v) is 12.4. The van der Waals surface area contributed by atoms with E-state index in [-0.39, 0.29) is 18.4 Å². The Kier molecular flexibility index (Phi) is 10.6. The van der Waals surface area contributed by atoms with E-state index in [0.717, 1.165) is 24.3 Å². The summed E-state index contributed by atoms with van der Waals surface area (Å²) < 4.78 is 12.0. The average Bonchev–Trinajstić information content (AvgIpc) is 2.98. The van der Waals surface area contributed by atoms with Crippen LogP contribution < -0.4 is 10.2 Å². The lowest BCUT2D eigenvalue weighted by molar-refractivity contribution is -0.171. The number of alkyl carbamates (subject to hydrolysis) is 1. The first-order valence-corrected chi connectivity index (χ1v) is 14.9. The van der Waals surface area contributed by atoms with Gasteiger partial charge in [0.15, 0.2) is 0 Å². The van der Waals surface area contributed by atoms with Gasteiger partial charge in [0.2, 0.25) is 12.2 Å². The van der Waals surface area contributed by atoms with Gasteiger partial charge in [0.1, 0.15) is 5.92 Å². The van der Waals surface area contributed by atoms with Gasteiger partial charge in [-0.15, -0.1) is 0 Å². The first-order chi connectivity index (χ1) is 20.1. The Labute approximate surface area is 250 Å². The first-order valence-electron chi connectivity index (χ1n) is 14.9. The van der Waals surface area contributed by atoms with Crippen LogP contribution in [0.1, 0.15) is 46.6 Å². The van der Waals surface area contributed by atoms with E-state index in [1.54, 1.807) is 0 Å². The number of amides is 2. The molecule has 3 aromatic carbocycles. The molecule has 3 aromatic rings. The van der Waals surface area contributed by atoms with Crippen molar-refractivity contribution in [3.8, 4) is 11.1 Å². The molecule has 1 saturated heterocycles. The average molecular weight is 572 g/mol. The summed E-state index contributed by atoms with van der Waals surface area (Å²) in [6.07, 6.45) is -1.06. The summed E-state index contributed by atoms with van der Waals surface area (Å²) in [6, 6.07) is 28.7. The molecule has 1 fully saturated rings. The highest BCUT2D eigenvalue weighted by atomic mass is 16.7. The molecule has 1 heterocycles. The molecule has 1 aliphatic rings. The molecule has 7 nitrogen and oxygen atoms in total. The van der Waals surface area contributed by atoms with Gasteiger partial charge in [0.05, 0.1) is 6.61 Å². The predicted molar refractivity (Wildman–Crippen MR) is 168 cm³/mol. The largest absolute Gasteiger partial charge is 0.419 e. The van der Waals surface area contributed by atoms with Crippen LogP contribution in [0.2, 0.25) is 0 Å². The Morgan fingerprint density at radius 1 is 0.810 bits per heavy atom. The normalized spacial score (nSPS) is 15.3. The SMILES string of the molecule is CC(C)C[C@H](C(=O)N1CCN(c2ccc(-c3ccccc3)cc2)CC1)C(OCc1ccccc1)OC(=O)NC(C)(C)C. The van der Waals surface area contributed by atoms with Crippen LogP contribution in [0.4, 0.5) is 10.5 Å². The third kappa shape index (κ3) is 9.08. The number of nitrogens with one attached hydrogen (secondary N) is 1. The number of piperazine rings is 1. The van der Waals surface area contributed by atoms with Crippen molar-refractivity contribution < 1.29 is 19.1 Å². The molecule has 7 heteroatoms. The van der Waals surface area contributed by atoms with E-state index in [1.165, 1.54) is 11.1 Å². The molecular formula is C35H45N3O4. The van der Waals surface area contributed by atoms with Crippen LogP contribution in [0.25, 0.3) is 11.1 Å². The maximum atomic E-state index is 14.0. The number of ether oxygens (including phenoxy) is 2. The Bertz CT molecular complexity index is 1270.